The molecule has 1 aromatic carbocycles. The van der Waals surface area contributed by atoms with Gasteiger partial charge in [0.05, 0.1) is 10.0 Å². The first-order valence-corrected chi connectivity index (χ1v) is 4.56. The van der Waals surface area contributed by atoms with Crippen LogP contribution >= 0.6 is 11.6 Å². The number of carboxylic acid groups (broad SMARTS) is 1. The van der Waals surface area contributed by atoms with Crippen LogP contribution in [0.25, 0.3) is 0 Å². The van der Waals surface area contributed by atoms with E-state index in [0.717, 1.165) is 6.92 Å². The highest BCUT2D eigenvalue weighted by Gasteiger charge is 2.18. The standard InChI is InChI=1S/C11H12ClNO3/c1-6(11(15)16)4-10(14)8-3-2-7(12)5-9(8)13/h2-3,5-6H,4,13H2,1H3,(H,15,16)/i2D,3D,4D,5D,6D. The van der Waals surface area contributed by atoms with Gasteiger partial charge in [-0.05, 0) is 18.1 Å². The fraction of sp³-hybridized carbons (Fsp3) is 0.273. The molecule has 0 amide bonds. The zero-order chi connectivity index (χ0) is 16.7. The molecule has 0 bridgehead atoms. The van der Waals surface area contributed by atoms with E-state index in [1.807, 2.05) is 0 Å². The van der Waals surface area contributed by atoms with Crippen LogP contribution in [-0.2, 0) is 4.79 Å². The number of nitrogens with two attached hydrogens (primary N) is 1. The first-order valence-electron chi connectivity index (χ1n) is 6.76. The molecule has 0 heterocycles. The highest BCUT2D eigenvalue weighted by atomic mass is 35.5. The van der Waals surface area contributed by atoms with Gasteiger partial charge in [0.15, 0.2) is 5.78 Å². The third-order valence-electron chi connectivity index (χ3n) is 1.74. The van der Waals surface area contributed by atoms with E-state index in [9.17, 15) is 9.59 Å². The summed E-state index contributed by atoms with van der Waals surface area (Å²) in [5.41, 5.74) is 4.38. The van der Waals surface area contributed by atoms with Gasteiger partial charge in [-0.2, -0.15) is 0 Å². The molecule has 0 fully saturated rings. The average molecular weight is 247 g/mol. The van der Waals surface area contributed by atoms with Gasteiger partial charge < -0.3 is 10.8 Å². The summed E-state index contributed by atoms with van der Waals surface area (Å²) in [5.74, 6) is -5.36. The lowest BCUT2D eigenvalue weighted by molar-refractivity contribution is -0.141. The highest BCUT2D eigenvalue weighted by Crippen LogP contribution is 2.20. The largest absolute Gasteiger partial charge is 0.481 e. The van der Waals surface area contributed by atoms with Crippen LogP contribution < -0.4 is 5.73 Å². The van der Waals surface area contributed by atoms with Crippen LogP contribution in [0.3, 0.4) is 0 Å². The van der Waals surface area contributed by atoms with Crippen LogP contribution in [0.1, 0.15) is 30.5 Å². The number of carboxylic acids is 1. The lowest BCUT2D eigenvalue weighted by Crippen LogP contribution is -2.15. The van der Waals surface area contributed by atoms with Crippen molar-refractivity contribution in [3.63, 3.8) is 0 Å². The zero-order valence-electron chi connectivity index (χ0n) is 13.3. The number of aliphatic carboxylic acids is 1. The van der Waals surface area contributed by atoms with Gasteiger partial charge in [0.2, 0.25) is 0 Å². The van der Waals surface area contributed by atoms with Crippen molar-refractivity contribution in [1.82, 2.24) is 0 Å². The molecule has 1 rings (SSSR count). The summed E-state index contributed by atoms with van der Waals surface area (Å²) < 4.78 is 37.9. The topological polar surface area (TPSA) is 80.4 Å². The molecule has 86 valence electrons. The second-order valence-electron chi connectivity index (χ2n) is 2.97. The molecule has 3 N–H and O–H groups in total. The maximum Gasteiger partial charge on any atom is 0.306 e. The molecule has 0 spiro atoms. The number of Topliss-reactive ketones (excluding diaryl/α,β-unsaturated/α-hetero) is 1. The van der Waals surface area contributed by atoms with Crippen molar-refractivity contribution in [3.8, 4) is 0 Å². The molecule has 16 heavy (non-hydrogen) atoms. The molecule has 0 aliphatic rings. The Bertz CT molecular complexity index is 606. The maximum atomic E-state index is 12.2. The van der Waals surface area contributed by atoms with E-state index in [1.165, 1.54) is 0 Å². The van der Waals surface area contributed by atoms with E-state index in [1.54, 1.807) is 0 Å². The SMILES string of the molecule is [2H]c1c([2H])c(C(=O)C([2H])C([2H])(C)C(=O)O)c(N)c([2H])c1Cl. The Morgan fingerprint density at radius 1 is 1.75 bits per heavy atom. The number of carbonyl (C=O) groups excluding carboxylic acids is 1. The normalized spacial score (nSPS) is 20.5. The average Bonchev–Trinajstić information content (AvgIpc) is 2.41. The summed E-state index contributed by atoms with van der Waals surface area (Å²) in [4.78, 5) is 23.1. The highest BCUT2D eigenvalue weighted by molar-refractivity contribution is 6.31. The van der Waals surface area contributed by atoms with Crippen LogP contribution in [0.5, 0.6) is 0 Å². The quantitative estimate of drug-likeness (QED) is 0.631. The van der Waals surface area contributed by atoms with Crippen molar-refractivity contribution in [1.29, 1.82) is 0 Å². The minimum atomic E-state index is -2.46. The lowest BCUT2D eigenvalue weighted by Gasteiger charge is -2.07. The molecule has 0 aliphatic carbocycles. The predicted octanol–water partition coefficient (Wildman–Crippen LogP) is 2.22. The van der Waals surface area contributed by atoms with E-state index in [-0.39, 0.29) is 0 Å². The number of nitrogen functional groups attached to an aromatic ring is 1. The lowest BCUT2D eigenvalue weighted by atomic mass is 9.99. The van der Waals surface area contributed by atoms with Crippen molar-refractivity contribution < 1.29 is 21.5 Å². The van der Waals surface area contributed by atoms with Gasteiger partial charge in [0, 0.05) is 25.4 Å². The number of halogens is 1. The van der Waals surface area contributed by atoms with Gasteiger partial charge in [0.1, 0.15) is 0 Å². The minimum absolute atomic E-state index is 0.414. The molecule has 0 radical (unpaired) electrons. The van der Waals surface area contributed by atoms with E-state index in [0.29, 0.717) is 0 Å². The Hall–Kier alpha value is -1.55. The predicted molar refractivity (Wildman–Crippen MR) is 61.6 cm³/mol. The molecular weight excluding hydrogens is 230 g/mol. The smallest absolute Gasteiger partial charge is 0.306 e. The van der Waals surface area contributed by atoms with E-state index in [2.05, 4.69) is 0 Å². The van der Waals surface area contributed by atoms with Gasteiger partial charge in [0.25, 0.3) is 0 Å². The van der Waals surface area contributed by atoms with Gasteiger partial charge in [-0.3, -0.25) is 9.59 Å². The summed E-state index contributed by atoms with van der Waals surface area (Å²) in [6, 6.07) is -1.86. The first kappa shape index (κ1) is 6.91. The molecule has 2 unspecified atom stereocenters. The Kier molecular flexibility index (Phi) is 2.15. The fourth-order valence-corrected chi connectivity index (χ4v) is 1.07. The number of anilines is 1. The molecular formula is C11H12ClNO3. The van der Waals surface area contributed by atoms with Crippen molar-refractivity contribution in [2.75, 3.05) is 5.73 Å². The summed E-state index contributed by atoms with van der Waals surface area (Å²) in [5, 5.41) is 8.45. The van der Waals surface area contributed by atoms with Crippen LogP contribution in [0.2, 0.25) is 5.02 Å². The fourth-order valence-electron chi connectivity index (χ4n) is 0.922. The van der Waals surface area contributed by atoms with E-state index >= 15 is 0 Å². The maximum absolute atomic E-state index is 12.2. The van der Waals surface area contributed by atoms with Crippen molar-refractivity contribution in [2.24, 2.45) is 5.89 Å². The Morgan fingerprint density at radius 3 is 2.94 bits per heavy atom. The van der Waals surface area contributed by atoms with E-state index < -0.39 is 58.4 Å². The van der Waals surface area contributed by atoms with Crippen molar-refractivity contribution in [3.05, 3.63) is 28.7 Å². The Morgan fingerprint density at radius 2 is 2.38 bits per heavy atom. The molecule has 2 atom stereocenters. The summed E-state index contributed by atoms with van der Waals surface area (Å²) in [6.45, 7) is 0.865. The Balaban J connectivity index is 3.49. The minimum Gasteiger partial charge on any atom is -0.481 e. The molecule has 5 heteroatoms. The number of hydrogen-bond donors (Lipinski definition) is 2. The summed E-state index contributed by atoms with van der Waals surface area (Å²) in [7, 11) is 0. The van der Waals surface area contributed by atoms with Crippen LogP contribution in [-0.4, -0.2) is 16.9 Å². The summed E-state index contributed by atoms with van der Waals surface area (Å²) in [6.07, 6.45) is -2.07. The van der Waals surface area contributed by atoms with E-state index in [4.69, 9.17) is 29.3 Å². The first-order chi connectivity index (χ1) is 9.44. The van der Waals surface area contributed by atoms with Crippen LogP contribution in [0, 0.1) is 5.89 Å². The number of carbonyl (C=O) groups is 2. The van der Waals surface area contributed by atoms with Gasteiger partial charge >= 0.3 is 5.97 Å². The van der Waals surface area contributed by atoms with Gasteiger partial charge in [-0.1, -0.05) is 18.5 Å². The third-order valence-corrected chi connectivity index (χ3v) is 1.93. The molecule has 0 saturated carbocycles. The molecule has 4 nitrogen and oxygen atoms in total. The molecule has 0 aliphatic heterocycles. The second kappa shape index (κ2) is 4.99. The van der Waals surface area contributed by atoms with Crippen molar-refractivity contribution >= 4 is 29.0 Å². The second-order valence-corrected chi connectivity index (χ2v) is 3.35. The zero-order valence-corrected chi connectivity index (χ0v) is 9.05. The Labute approximate surface area is 105 Å². The molecule has 0 aromatic heterocycles. The van der Waals surface area contributed by atoms with Crippen LogP contribution in [0.15, 0.2) is 18.1 Å². The van der Waals surface area contributed by atoms with Crippen LogP contribution in [0.4, 0.5) is 5.69 Å². The molecule has 0 saturated heterocycles. The summed E-state index contributed by atoms with van der Waals surface area (Å²) >= 11 is 5.62. The third kappa shape index (κ3) is 2.97. The van der Waals surface area contributed by atoms with Gasteiger partial charge in [-0.25, -0.2) is 0 Å². The van der Waals surface area contributed by atoms with Crippen molar-refractivity contribution in [2.45, 2.75) is 13.3 Å². The number of ketones is 1. The number of hydrogen-bond acceptors (Lipinski definition) is 3. The van der Waals surface area contributed by atoms with Gasteiger partial charge in [-0.15, -0.1) is 0 Å². The number of benzene rings is 1. The monoisotopic (exact) mass is 246 g/mol. The molecule has 1 aromatic rings. The number of rotatable bonds is 4.